The summed E-state index contributed by atoms with van der Waals surface area (Å²) in [6.45, 7) is 3.73. The molecule has 0 unspecified atom stereocenters. The lowest BCUT2D eigenvalue weighted by atomic mass is 10.2. The highest BCUT2D eigenvalue weighted by Crippen LogP contribution is 2.21. The van der Waals surface area contributed by atoms with Crippen molar-refractivity contribution in [2.45, 2.75) is 13.8 Å². The first-order valence-corrected chi connectivity index (χ1v) is 7.14. The number of aromatic nitrogens is 2. The van der Waals surface area contributed by atoms with Crippen molar-refractivity contribution >= 4 is 50.1 Å². The number of rotatable bonds is 2. The van der Waals surface area contributed by atoms with Gasteiger partial charge in [-0.15, -0.1) is 0 Å². The maximum atomic E-state index is 12.2. The minimum absolute atomic E-state index is 0.131. The van der Waals surface area contributed by atoms with Crippen LogP contribution in [0.5, 0.6) is 0 Å². The molecule has 94 valence electrons. The second kappa shape index (κ2) is 5.40. The molecule has 0 saturated carbocycles. The van der Waals surface area contributed by atoms with Crippen LogP contribution in [0, 0.1) is 17.4 Å². The molecular weight excluding hydrogens is 409 g/mol. The Hall–Kier alpha value is -0.890. The Morgan fingerprint density at radius 1 is 1.44 bits per heavy atom. The number of aromatic amines is 1. The van der Waals surface area contributed by atoms with Gasteiger partial charge in [0.05, 0.1) is 22.6 Å². The first kappa shape index (κ1) is 13.5. The molecule has 4 nitrogen and oxygen atoms in total. The number of halogens is 2. The molecule has 2 N–H and O–H groups in total. The highest BCUT2D eigenvalue weighted by atomic mass is 127. The van der Waals surface area contributed by atoms with Crippen molar-refractivity contribution in [2.75, 3.05) is 5.32 Å². The highest BCUT2D eigenvalue weighted by molar-refractivity contribution is 14.1. The molecule has 1 aromatic carbocycles. The molecule has 2 rings (SSSR count). The first-order valence-electron chi connectivity index (χ1n) is 5.27. The van der Waals surface area contributed by atoms with Crippen molar-refractivity contribution in [2.24, 2.45) is 0 Å². The van der Waals surface area contributed by atoms with Gasteiger partial charge in [-0.1, -0.05) is 15.9 Å². The van der Waals surface area contributed by atoms with Gasteiger partial charge in [-0.05, 0) is 54.6 Å². The van der Waals surface area contributed by atoms with Gasteiger partial charge < -0.3 is 5.32 Å². The number of carbonyl (C=O) groups is 1. The second-order valence-electron chi connectivity index (χ2n) is 3.89. The summed E-state index contributed by atoms with van der Waals surface area (Å²) < 4.78 is 1.79. The largest absolute Gasteiger partial charge is 0.319 e. The summed E-state index contributed by atoms with van der Waals surface area (Å²) in [5.41, 5.74) is 3.03. The lowest BCUT2D eigenvalue weighted by molar-refractivity contribution is 0.102. The summed E-state index contributed by atoms with van der Waals surface area (Å²) in [4.78, 5) is 12.2. The lowest BCUT2D eigenvalue weighted by Crippen LogP contribution is -2.14. The molecule has 0 atom stereocenters. The van der Waals surface area contributed by atoms with Crippen molar-refractivity contribution in [1.82, 2.24) is 10.2 Å². The maximum absolute atomic E-state index is 12.2. The van der Waals surface area contributed by atoms with Gasteiger partial charge in [0.2, 0.25) is 0 Å². The Morgan fingerprint density at radius 2 is 2.17 bits per heavy atom. The van der Waals surface area contributed by atoms with Crippen molar-refractivity contribution < 1.29 is 4.79 Å². The topological polar surface area (TPSA) is 57.8 Å². The third-order valence-corrected chi connectivity index (χ3v) is 3.97. The monoisotopic (exact) mass is 419 g/mol. The molecular formula is C12H11BrIN3O. The van der Waals surface area contributed by atoms with Crippen LogP contribution in [0.25, 0.3) is 0 Å². The number of hydrogen-bond donors (Lipinski definition) is 2. The van der Waals surface area contributed by atoms with E-state index in [-0.39, 0.29) is 5.91 Å². The van der Waals surface area contributed by atoms with Gasteiger partial charge in [0.1, 0.15) is 0 Å². The van der Waals surface area contributed by atoms with Crippen molar-refractivity contribution in [1.29, 1.82) is 0 Å². The smallest absolute Gasteiger partial charge is 0.256 e. The number of hydrogen-bond acceptors (Lipinski definition) is 2. The number of benzene rings is 1. The van der Waals surface area contributed by atoms with E-state index in [0.29, 0.717) is 5.56 Å². The Bertz CT molecular complexity index is 590. The normalized spacial score (nSPS) is 10.4. The summed E-state index contributed by atoms with van der Waals surface area (Å²) in [5.74, 6) is -0.131. The minimum atomic E-state index is -0.131. The molecule has 0 aliphatic carbocycles. The molecule has 18 heavy (non-hydrogen) atoms. The SMILES string of the molecule is Cc1n[nH]c(C)c1NC(=O)c1cc(Br)ccc1I. The molecule has 2 aromatic rings. The van der Waals surface area contributed by atoms with Crippen LogP contribution >= 0.6 is 38.5 Å². The number of nitrogens with one attached hydrogen (secondary N) is 2. The fourth-order valence-electron chi connectivity index (χ4n) is 1.59. The van der Waals surface area contributed by atoms with Crippen LogP contribution in [-0.2, 0) is 0 Å². The van der Waals surface area contributed by atoms with Gasteiger partial charge in [0.15, 0.2) is 0 Å². The van der Waals surface area contributed by atoms with Gasteiger partial charge in [-0.25, -0.2) is 0 Å². The molecule has 0 aliphatic heterocycles. The van der Waals surface area contributed by atoms with Crippen LogP contribution < -0.4 is 5.32 Å². The van der Waals surface area contributed by atoms with E-state index in [1.54, 1.807) is 0 Å². The molecule has 0 saturated heterocycles. The second-order valence-corrected chi connectivity index (χ2v) is 5.97. The quantitative estimate of drug-likeness (QED) is 0.730. The molecule has 1 heterocycles. The van der Waals surface area contributed by atoms with Crippen molar-refractivity contribution in [3.8, 4) is 0 Å². The molecule has 0 radical (unpaired) electrons. The highest BCUT2D eigenvalue weighted by Gasteiger charge is 2.14. The predicted octanol–water partition coefficient (Wildman–Crippen LogP) is 3.65. The average Bonchev–Trinajstić information content (AvgIpc) is 2.64. The summed E-state index contributed by atoms with van der Waals surface area (Å²) in [5, 5.41) is 9.78. The Kier molecular flexibility index (Phi) is 4.06. The number of nitrogens with zero attached hydrogens (tertiary/aromatic N) is 1. The van der Waals surface area contributed by atoms with Crippen LogP contribution in [-0.4, -0.2) is 16.1 Å². The van der Waals surface area contributed by atoms with Gasteiger partial charge >= 0.3 is 0 Å². The van der Waals surface area contributed by atoms with Crippen LogP contribution in [0.1, 0.15) is 21.7 Å². The number of carbonyl (C=O) groups excluding carboxylic acids is 1. The number of aryl methyl sites for hydroxylation is 2. The average molecular weight is 420 g/mol. The molecule has 0 bridgehead atoms. The van der Waals surface area contributed by atoms with Crippen LogP contribution in [0.4, 0.5) is 5.69 Å². The van der Waals surface area contributed by atoms with Crippen LogP contribution in [0.3, 0.4) is 0 Å². The molecule has 0 fully saturated rings. The van der Waals surface area contributed by atoms with E-state index in [0.717, 1.165) is 25.1 Å². The predicted molar refractivity (Wildman–Crippen MR) is 82.9 cm³/mol. The van der Waals surface area contributed by atoms with E-state index in [2.05, 4.69) is 54.0 Å². The number of anilines is 1. The van der Waals surface area contributed by atoms with Gasteiger partial charge in [-0.3, -0.25) is 9.89 Å². The van der Waals surface area contributed by atoms with Gasteiger partial charge in [0.25, 0.3) is 5.91 Å². The van der Waals surface area contributed by atoms with Gasteiger partial charge in [-0.2, -0.15) is 5.10 Å². The van der Waals surface area contributed by atoms with E-state index < -0.39 is 0 Å². The Labute approximate surface area is 127 Å². The van der Waals surface area contributed by atoms with E-state index in [9.17, 15) is 4.79 Å². The number of amides is 1. The molecule has 0 spiro atoms. The fourth-order valence-corrected chi connectivity index (χ4v) is 2.53. The van der Waals surface area contributed by atoms with E-state index in [4.69, 9.17) is 0 Å². The van der Waals surface area contributed by atoms with Crippen LogP contribution in [0.15, 0.2) is 22.7 Å². The van der Waals surface area contributed by atoms with Gasteiger partial charge in [0, 0.05) is 8.04 Å². The summed E-state index contributed by atoms with van der Waals surface area (Å²) in [6, 6.07) is 5.61. The molecule has 0 aliphatic rings. The Morgan fingerprint density at radius 3 is 2.78 bits per heavy atom. The van der Waals surface area contributed by atoms with E-state index >= 15 is 0 Å². The van der Waals surface area contributed by atoms with Crippen molar-refractivity contribution in [3.05, 3.63) is 43.2 Å². The zero-order valence-electron chi connectivity index (χ0n) is 9.84. The minimum Gasteiger partial charge on any atom is -0.319 e. The zero-order chi connectivity index (χ0) is 13.3. The third-order valence-electron chi connectivity index (χ3n) is 2.54. The summed E-state index contributed by atoms with van der Waals surface area (Å²) in [6.07, 6.45) is 0. The zero-order valence-corrected chi connectivity index (χ0v) is 13.6. The Balaban J connectivity index is 2.30. The molecule has 1 aromatic heterocycles. The fraction of sp³-hybridized carbons (Fsp3) is 0.167. The number of H-pyrrole nitrogens is 1. The van der Waals surface area contributed by atoms with E-state index in [1.807, 2.05) is 32.0 Å². The molecule has 1 amide bonds. The lowest BCUT2D eigenvalue weighted by Gasteiger charge is -2.07. The molecule has 6 heteroatoms. The third kappa shape index (κ3) is 2.74. The summed E-state index contributed by atoms with van der Waals surface area (Å²) in [7, 11) is 0. The first-order chi connectivity index (χ1) is 8.49. The standard InChI is InChI=1S/C12H11BrIN3O/c1-6-11(7(2)17-16-6)15-12(18)9-5-8(13)3-4-10(9)14/h3-5H,1-2H3,(H,15,18)(H,16,17). The maximum Gasteiger partial charge on any atom is 0.256 e. The summed E-state index contributed by atoms with van der Waals surface area (Å²) >= 11 is 5.52. The van der Waals surface area contributed by atoms with Crippen LogP contribution in [0.2, 0.25) is 0 Å². The van der Waals surface area contributed by atoms with E-state index in [1.165, 1.54) is 0 Å². The van der Waals surface area contributed by atoms with Crippen molar-refractivity contribution in [3.63, 3.8) is 0 Å².